The number of aromatic nitrogens is 2. The van der Waals surface area contributed by atoms with E-state index in [1.54, 1.807) is 6.26 Å². The van der Waals surface area contributed by atoms with E-state index in [0.29, 0.717) is 0 Å². The molecule has 118 valence electrons. The molecular formula is C17H23N3O2. The third-order valence-electron chi connectivity index (χ3n) is 4.75. The van der Waals surface area contributed by atoms with E-state index in [9.17, 15) is 0 Å². The highest BCUT2D eigenvalue weighted by Crippen LogP contribution is 2.33. The summed E-state index contributed by atoms with van der Waals surface area (Å²) in [6, 6.07) is 4.26. The second-order valence-corrected chi connectivity index (χ2v) is 6.48. The standard InChI is InChI=1S/C17H23N3O2/c1-19-17-14(9-18-19)6-7-20(10-15-3-2-8-22-15)16(17)12-21-11-13-4-5-13/h2-3,8-9,13,16H,4-7,10-12H2,1H3/t16-/m1/s1. The van der Waals surface area contributed by atoms with E-state index < -0.39 is 0 Å². The molecule has 2 aliphatic rings. The number of nitrogens with zero attached hydrogens (tertiary/aromatic N) is 3. The number of hydrogen-bond acceptors (Lipinski definition) is 4. The Kier molecular flexibility index (Phi) is 3.76. The number of hydrogen-bond donors (Lipinski definition) is 0. The molecule has 4 rings (SSSR count). The first-order chi connectivity index (χ1) is 10.8. The van der Waals surface area contributed by atoms with Gasteiger partial charge in [-0.2, -0.15) is 5.10 Å². The molecule has 2 aromatic rings. The van der Waals surface area contributed by atoms with Gasteiger partial charge in [-0.1, -0.05) is 0 Å². The van der Waals surface area contributed by atoms with Crippen molar-refractivity contribution in [3.05, 3.63) is 41.6 Å². The van der Waals surface area contributed by atoms with Crippen molar-refractivity contribution < 1.29 is 9.15 Å². The molecule has 0 unspecified atom stereocenters. The van der Waals surface area contributed by atoms with Crippen LogP contribution in [0.1, 0.15) is 35.9 Å². The predicted octanol–water partition coefficient (Wildman–Crippen LogP) is 2.54. The maximum Gasteiger partial charge on any atom is 0.117 e. The molecule has 0 saturated heterocycles. The minimum absolute atomic E-state index is 0.264. The molecule has 0 bridgehead atoms. The van der Waals surface area contributed by atoms with Crippen molar-refractivity contribution in [3.63, 3.8) is 0 Å². The SMILES string of the molecule is Cn1ncc2c1[C@@H](COCC1CC1)N(Cc1ccco1)CC2. The average molecular weight is 301 g/mol. The van der Waals surface area contributed by atoms with Crippen molar-refractivity contribution in [1.82, 2.24) is 14.7 Å². The van der Waals surface area contributed by atoms with E-state index in [1.807, 2.05) is 30.1 Å². The molecular weight excluding hydrogens is 278 g/mol. The molecule has 0 aromatic carbocycles. The summed E-state index contributed by atoms with van der Waals surface area (Å²) in [4.78, 5) is 2.45. The summed E-state index contributed by atoms with van der Waals surface area (Å²) >= 11 is 0. The molecule has 0 amide bonds. The lowest BCUT2D eigenvalue weighted by molar-refractivity contribution is 0.0384. The monoisotopic (exact) mass is 301 g/mol. The highest BCUT2D eigenvalue weighted by molar-refractivity contribution is 5.25. The molecule has 1 aliphatic carbocycles. The van der Waals surface area contributed by atoms with E-state index in [0.717, 1.165) is 44.4 Å². The topological polar surface area (TPSA) is 43.4 Å². The van der Waals surface area contributed by atoms with Crippen molar-refractivity contribution in [2.75, 3.05) is 19.8 Å². The molecule has 1 atom stereocenters. The van der Waals surface area contributed by atoms with Crippen molar-refractivity contribution in [2.24, 2.45) is 13.0 Å². The Bertz CT molecular complexity index is 616. The zero-order valence-electron chi connectivity index (χ0n) is 13.1. The highest BCUT2D eigenvalue weighted by Gasteiger charge is 2.32. The van der Waals surface area contributed by atoms with Gasteiger partial charge in [0.05, 0.1) is 37.3 Å². The van der Waals surface area contributed by atoms with Gasteiger partial charge in [0, 0.05) is 20.2 Å². The summed E-state index contributed by atoms with van der Waals surface area (Å²) in [5.41, 5.74) is 2.66. The number of ether oxygens (including phenoxy) is 1. The first kappa shape index (κ1) is 14.0. The molecule has 1 aliphatic heterocycles. The minimum atomic E-state index is 0.264. The van der Waals surface area contributed by atoms with Gasteiger partial charge in [-0.05, 0) is 42.9 Å². The second-order valence-electron chi connectivity index (χ2n) is 6.48. The molecule has 5 nitrogen and oxygen atoms in total. The largest absolute Gasteiger partial charge is 0.468 e. The fourth-order valence-electron chi connectivity index (χ4n) is 3.31. The summed E-state index contributed by atoms with van der Waals surface area (Å²) in [6.45, 7) is 3.49. The van der Waals surface area contributed by atoms with Crippen LogP contribution in [0.3, 0.4) is 0 Å². The third-order valence-corrected chi connectivity index (χ3v) is 4.75. The quantitative estimate of drug-likeness (QED) is 0.822. The van der Waals surface area contributed by atoms with Gasteiger partial charge in [0.1, 0.15) is 5.76 Å². The van der Waals surface area contributed by atoms with Gasteiger partial charge in [-0.3, -0.25) is 9.58 Å². The maximum atomic E-state index is 6.01. The van der Waals surface area contributed by atoms with Crippen LogP contribution in [0.5, 0.6) is 0 Å². The van der Waals surface area contributed by atoms with E-state index in [2.05, 4.69) is 10.00 Å². The van der Waals surface area contributed by atoms with Crippen molar-refractivity contribution in [3.8, 4) is 0 Å². The van der Waals surface area contributed by atoms with Crippen LogP contribution < -0.4 is 0 Å². The number of fused-ring (bicyclic) bond motifs is 1. The fraction of sp³-hybridized carbons (Fsp3) is 0.588. The maximum absolute atomic E-state index is 6.01. The number of furan rings is 1. The lowest BCUT2D eigenvalue weighted by Gasteiger charge is -2.35. The summed E-state index contributed by atoms with van der Waals surface area (Å²) in [5.74, 6) is 1.81. The Morgan fingerprint density at radius 2 is 2.27 bits per heavy atom. The fourth-order valence-corrected chi connectivity index (χ4v) is 3.31. The Hall–Kier alpha value is -1.59. The Labute approximate surface area is 130 Å². The Morgan fingerprint density at radius 3 is 3.05 bits per heavy atom. The van der Waals surface area contributed by atoms with Crippen molar-refractivity contribution >= 4 is 0 Å². The van der Waals surface area contributed by atoms with Gasteiger partial charge in [-0.25, -0.2) is 0 Å². The van der Waals surface area contributed by atoms with Gasteiger partial charge < -0.3 is 9.15 Å². The Balaban J connectivity index is 1.52. The molecule has 2 aromatic heterocycles. The lowest BCUT2D eigenvalue weighted by Crippen LogP contribution is -2.38. The van der Waals surface area contributed by atoms with E-state index in [-0.39, 0.29) is 6.04 Å². The van der Waals surface area contributed by atoms with Crippen LogP contribution in [-0.4, -0.2) is 34.4 Å². The van der Waals surface area contributed by atoms with Gasteiger partial charge in [0.25, 0.3) is 0 Å². The van der Waals surface area contributed by atoms with Crippen LogP contribution in [0.2, 0.25) is 0 Å². The van der Waals surface area contributed by atoms with E-state index in [1.165, 1.54) is 24.1 Å². The highest BCUT2D eigenvalue weighted by atomic mass is 16.5. The molecule has 3 heterocycles. The first-order valence-corrected chi connectivity index (χ1v) is 8.16. The van der Waals surface area contributed by atoms with Gasteiger partial charge in [0.2, 0.25) is 0 Å². The second kappa shape index (κ2) is 5.89. The third kappa shape index (κ3) is 2.83. The molecule has 5 heteroatoms. The van der Waals surface area contributed by atoms with Crippen LogP contribution in [0.4, 0.5) is 0 Å². The zero-order valence-corrected chi connectivity index (χ0v) is 13.1. The summed E-state index contributed by atoms with van der Waals surface area (Å²) in [5, 5.41) is 4.45. The van der Waals surface area contributed by atoms with Gasteiger partial charge in [0.15, 0.2) is 0 Å². The number of aryl methyl sites for hydroxylation is 1. The first-order valence-electron chi connectivity index (χ1n) is 8.16. The van der Waals surface area contributed by atoms with Crippen molar-refractivity contribution in [1.29, 1.82) is 0 Å². The lowest BCUT2D eigenvalue weighted by atomic mass is 10.00. The Morgan fingerprint density at radius 1 is 1.36 bits per heavy atom. The van der Waals surface area contributed by atoms with Crippen LogP contribution in [0.15, 0.2) is 29.0 Å². The molecule has 22 heavy (non-hydrogen) atoms. The van der Waals surface area contributed by atoms with Crippen LogP contribution in [0.25, 0.3) is 0 Å². The predicted molar refractivity (Wildman–Crippen MR) is 82.3 cm³/mol. The molecule has 1 saturated carbocycles. The smallest absolute Gasteiger partial charge is 0.117 e. The molecule has 0 radical (unpaired) electrons. The average Bonchev–Trinajstić information content (AvgIpc) is 3.05. The van der Waals surface area contributed by atoms with Crippen LogP contribution in [0, 0.1) is 5.92 Å². The molecule has 1 fully saturated rings. The van der Waals surface area contributed by atoms with E-state index >= 15 is 0 Å². The summed E-state index contributed by atoms with van der Waals surface area (Å²) in [7, 11) is 2.03. The molecule has 0 N–H and O–H groups in total. The summed E-state index contributed by atoms with van der Waals surface area (Å²) in [6.07, 6.45) is 7.46. The minimum Gasteiger partial charge on any atom is -0.468 e. The van der Waals surface area contributed by atoms with Crippen LogP contribution >= 0.6 is 0 Å². The van der Waals surface area contributed by atoms with Gasteiger partial charge >= 0.3 is 0 Å². The van der Waals surface area contributed by atoms with Crippen LogP contribution in [-0.2, 0) is 24.8 Å². The molecule has 0 spiro atoms. The zero-order chi connectivity index (χ0) is 14.9. The normalized spacial score (nSPS) is 22.0. The van der Waals surface area contributed by atoms with E-state index in [4.69, 9.17) is 9.15 Å². The van der Waals surface area contributed by atoms with Crippen molar-refractivity contribution in [2.45, 2.75) is 31.8 Å². The summed E-state index contributed by atoms with van der Waals surface area (Å²) < 4.78 is 13.6. The number of rotatable bonds is 6. The van der Waals surface area contributed by atoms with Gasteiger partial charge in [-0.15, -0.1) is 0 Å².